The summed E-state index contributed by atoms with van der Waals surface area (Å²) in [4.78, 5) is 15.9. The van der Waals surface area contributed by atoms with E-state index in [1.807, 2.05) is 13.1 Å². The summed E-state index contributed by atoms with van der Waals surface area (Å²) in [7, 11) is 1.94. The van der Waals surface area contributed by atoms with Crippen molar-refractivity contribution in [3.8, 4) is 0 Å². The third-order valence-electron chi connectivity index (χ3n) is 3.58. The number of nitrogens with one attached hydrogen (secondary N) is 1. The molecule has 1 saturated heterocycles. The fourth-order valence-electron chi connectivity index (χ4n) is 2.55. The Hall–Kier alpha value is -1.53. The summed E-state index contributed by atoms with van der Waals surface area (Å²) in [6, 6.07) is 8.79. The highest BCUT2D eigenvalue weighted by Crippen LogP contribution is 2.07. The van der Waals surface area contributed by atoms with Crippen LogP contribution in [0.5, 0.6) is 0 Å². The minimum atomic E-state index is -2.35. The number of carbonyl (C=O) groups excluding carboxylic acids is 1. The van der Waals surface area contributed by atoms with Gasteiger partial charge in [-0.25, -0.2) is 8.78 Å². The van der Waals surface area contributed by atoms with Crippen molar-refractivity contribution >= 4 is 5.91 Å². The Morgan fingerprint density at radius 3 is 2.67 bits per heavy atom. The molecule has 0 saturated carbocycles. The van der Waals surface area contributed by atoms with Gasteiger partial charge in [0.15, 0.2) is 0 Å². The van der Waals surface area contributed by atoms with E-state index >= 15 is 0 Å². The van der Waals surface area contributed by atoms with E-state index < -0.39 is 6.43 Å². The molecule has 6 heteroatoms. The molecule has 0 aromatic heterocycles. The molecule has 1 aromatic rings. The van der Waals surface area contributed by atoms with E-state index in [0.29, 0.717) is 25.2 Å². The average Bonchev–Trinajstić information content (AvgIpc) is 2.61. The topological polar surface area (TPSA) is 35.6 Å². The maximum atomic E-state index is 12.6. The zero-order valence-corrected chi connectivity index (χ0v) is 12.1. The highest BCUT2D eigenvalue weighted by molar-refractivity contribution is 5.94. The maximum absolute atomic E-state index is 12.6. The first-order valence-electron chi connectivity index (χ1n) is 7.09. The van der Waals surface area contributed by atoms with Crippen molar-refractivity contribution in [1.29, 1.82) is 0 Å². The molecule has 1 heterocycles. The molecular weight excluding hydrogens is 276 g/mol. The first-order chi connectivity index (χ1) is 10.0. The van der Waals surface area contributed by atoms with Gasteiger partial charge in [-0.15, -0.1) is 0 Å². The number of hydrogen-bond donors (Lipinski definition) is 1. The molecule has 0 radical (unpaired) electrons. The molecule has 4 nitrogen and oxygen atoms in total. The molecule has 1 unspecified atom stereocenters. The van der Waals surface area contributed by atoms with Crippen molar-refractivity contribution in [1.82, 2.24) is 15.1 Å². The number of hydrogen-bond acceptors (Lipinski definition) is 3. The van der Waals surface area contributed by atoms with E-state index in [9.17, 15) is 13.6 Å². The third kappa shape index (κ3) is 5.06. The van der Waals surface area contributed by atoms with E-state index in [2.05, 4.69) is 10.2 Å². The number of carbonyl (C=O) groups is 1. The Morgan fingerprint density at radius 1 is 1.29 bits per heavy atom. The van der Waals surface area contributed by atoms with Gasteiger partial charge in [0.05, 0.1) is 12.6 Å². The monoisotopic (exact) mass is 297 g/mol. The fourth-order valence-corrected chi connectivity index (χ4v) is 2.55. The molecular formula is C15H21F2N3O. The van der Waals surface area contributed by atoms with Crippen molar-refractivity contribution in [2.75, 3.05) is 39.8 Å². The molecule has 1 aromatic carbocycles. The van der Waals surface area contributed by atoms with Gasteiger partial charge < -0.3 is 10.2 Å². The van der Waals surface area contributed by atoms with E-state index in [1.54, 1.807) is 29.2 Å². The molecule has 2 rings (SSSR count). The minimum Gasteiger partial charge on any atom is -0.347 e. The quantitative estimate of drug-likeness (QED) is 0.910. The smallest absolute Gasteiger partial charge is 0.251 e. The number of nitrogens with zero attached hydrogens (tertiary/aromatic N) is 2. The summed E-state index contributed by atoms with van der Waals surface area (Å²) < 4.78 is 25.1. The summed E-state index contributed by atoms with van der Waals surface area (Å²) >= 11 is 0. The Kier molecular flexibility index (Phi) is 5.64. The Morgan fingerprint density at radius 2 is 2.00 bits per heavy atom. The first kappa shape index (κ1) is 15.9. The third-order valence-corrected chi connectivity index (χ3v) is 3.58. The van der Waals surface area contributed by atoms with Crippen LogP contribution < -0.4 is 5.32 Å². The van der Waals surface area contributed by atoms with Crippen LogP contribution in [0.3, 0.4) is 0 Å². The second kappa shape index (κ2) is 7.47. The molecule has 0 bridgehead atoms. The SMILES string of the molecule is CN1CCN(CC(F)F)CC(NC(=O)c2ccccc2)C1. The largest absolute Gasteiger partial charge is 0.347 e. The zero-order valence-electron chi connectivity index (χ0n) is 12.1. The summed E-state index contributed by atoms with van der Waals surface area (Å²) in [5.41, 5.74) is 0.588. The van der Waals surface area contributed by atoms with Gasteiger partial charge in [0.2, 0.25) is 0 Å². The van der Waals surface area contributed by atoms with Gasteiger partial charge in [-0.1, -0.05) is 18.2 Å². The van der Waals surface area contributed by atoms with E-state index in [4.69, 9.17) is 0 Å². The van der Waals surface area contributed by atoms with Crippen LogP contribution in [0.4, 0.5) is 8.78 Å². The first-order valence-corrected chi connectivity index (χ1v) is 7.09. The number of alkyl halides is 2. The number of rotatable bonds is 4. The molecule has 0 aliphatic carbocycles. The molecule has 1 aliphatic heterocycles. The molecule has 21 heavy (non-hydrogen) atoms. The molecule has 1 aliphatic rings. The van der Waals surface area contributed by atoms with Crippen LogP contribution in [0.1, 0.15) is 10.4 Å². The van der Waals surface area contributed by atoms with Crippen LogP contribution in [-0.4, -0.2) is 67.9 Å². The lowest BCUT2D eigenvalue weighted by Gasteiger charge is -2.24. The summed E-state index contributed by atoms with van der Waals surface area (Å²) in [6.45, 7) is 2.19. The Labute approximate surface area is 123 Å². The second-order valence-corrected chi connectivity index (χ2v) is 5.45. The van der Waals surface area contributed by atoms with Gasteiger partial charge in [0.25, 0.3) is 12.3 Å². The van der Waals surface area contributed by atoms with Crippen LogP contribution in [0.25, 0.3) is 0 Å². The number of likely N-dealkylation sites (N-methyl/N-ethyl adjacent to an activating group) is 1. The van der Waals surface area contributed by atoms with Crippen LogP contribution >= 0.6 is 0 Å². The summed E-state index contributed by atoms with van der Waals surface area (Å²) in [6.07, 6.45) is -2.35. The minimum absolute atomic E-state index is 0.149. The molecule has 1 fully saturated rings. The van der Waals surface area contributed by atoms with Crippen LogP contribution in [-0.2, 0) is 0 Å². The van der Waals surface area contributed by atoms with E-state index in [1.165, 1.54) is 0 Å². The number of amides is 1. The predicted octanol–water partition coefficient (Wildman–Crippen LogP) is 1.30. The summed E-state index contributed by atoms with van der Waals surface area (Å²) in [5.74, 6) is -0.159. The maximum Gasteiger partial charge on any atom is 0.251 e. The van der Waals surface area contributed by atoms with Crippen molar-refractivity contribution in [2.24, 2.45) is 0 Å². The zero-order chi connectivity index (χ0) is 15.2. The average molecular weight is 297 g/mol. The van der Waals surface area contributed by atoms with Crippen LogP contribution in [0, 0.1) is 0 Å². The van der Waals surface area contributed by atoms with Crippen molar-refractivity contribution in [3.63, 3.8) is 0 Å². The van der Waals surface area contributed by atoms with Crippen molar-refractivity contribution < 1.29 is 13.6 Å². The van der Waals surface area contributed by atoms with Gasteiger partial charge >= 0.3 is 0 Å². The predicted molar refractivity (Wildman–Crippen MR) is 77.6 cm³/mol. The highest BCUT2D eigenvalue weighted by Gasteiger charge is 2.24. The highest BCUT2D eigenvalue weighted by atomic mass is 19.3. The lowest BCUT2D eigenvalue weighted by atomic mass is 10.2. The number of halogens is 2. The van der Waals surface area contributed by atoms with E-state index in [-0.39, 0.29) is 18.5 Å². The van der Waals surface area contributed by atoms with Gasteiger partial charge in [-0.05, 0) is 19.2 Å². The van der Waals surface area contributed by atoms with Gasteiger partial charge in [0, 0.05) is 31.7 Å². The lowest BCUT2D eigenvalue weighted by molar-refractivity contribution is 0.0834. The lowest BCUT2D eigenvalue weighted by Crippen LogP contribution is -2.46. The van der Waals surface area contributed by atoms with E-state index in [0.717, 1.165) is 6.54 Å². The van der Waals surface area contributed by atoms with Crippen molar-refractivity contribution in [3.05, 3.63) is 35.9 Å². The molecule has 0 spiro atoms. The van der Waals surface area contributed by atoms with Crippen LogP contribution in [0.15, 0.2) is 30.3 Å². The Bertz CT molecular complexity index is 455. The Balaban J connectivity index is 1.97. The molecule has 116 valence electrons. The molecule has 1 atom stereocenters. The second-order valence-electron chi connectivity index (χ2n) is 5.45. The standard InChI is InChI=1S/C15H21F2N3O/c1-19-7-8-20(11-14(16)17)10-13(9-19)18-15(21)12-5-3-2-4-6-12/h2-6,13-14H,7-11H2,1H3,(H,18,21). The van der Waals surface area contributed by atoms with Crippen molar-refractivity contribution in [2.45, 2.75) is 12.5 Å². The summed E-state index contributed by atoms with van der Waals surface area (Å²) in [5, 5.41) is 2.94. The molecule has 1 amide bonds. The van der Waals surface area contributed by atoms with Gasteiger partial charge in [-0.2, -0.15) is 0 Å². The van der Waals surface area contributed by atoms with Crippen LogP contribution in [0.2, 0.25) is 0 Å². The normalized spacial score (nSPS) is 21.2. The van der Waals surface area contributed by atoms with Gasteiger partial charge in [-0.3, -0.25) is 9.69 Å². The van der Waals surface area contributed by atoms with Gasteiger partial charge in [0.1, 0.15) is 0 Å². The molecule has 1 N–H and O–H groups in total. The number of benzene rings is 1. The fraction of sp³-hybridized carbons (Fsp3) is 0.533.